The van der Waals surface area contributed by atoms with E-state index in [0.29, 0.717) is 22.6 Å². The number of nitrogens with zero attached hydrogens (tertiary/aromatic N) is 1. The normalized spacial score (nSPS) is 26.3. The SMILES string of the molecule is CN(Cc1ccc(OC(F)(F)F)c(Br)c1)C1CC2CCC(C1)N2.Cl. The summed E-state index contributed by atoms with van der Waals surface area (Å²) in [5.41, 5.74) is 0.972. The predicted octanol–water partition coefficient (Wildman–Crippen LogP) is 4.48. The number of fused-ring (bicyclic) bond motifs is 2. The number of alkyl halides is 3. The summed E-state index contributed by atoms with van der Waals surface area (Å²) in [5, 5.41) is 3.62. The first-order valence-corrected chi connectivity index (χ1v) is 8.60. The van der Waals surface area contributed by atoms with Gasteiger partial charge in [0.1, 0.15) is 5.75 Å². The Morgan fingerprint density at radius 2 is 1.88 bits per heavy atom. The van der Waals surface area contributed by atoms with Gasteiger partial charge in [0.2, 0.25) is 0 Å². The van der Waals surface area contributed by atoms with Crippen LogP contribution in [0.2, 0.25) is 0 Å². The first-order valence-electron chi connectivity index (χ1n) is 7.80. The van der Waals surface area contributed by atoms with E-state index < -0.39 is 6.36 Å². The van der Waals surface area contributed by atoms with Crippen LogP contribution in [0.25, 0.3) is 0 Å². The van der Waals surface area contributed by atoms with E-state index in [4.69, 9.17) is 0 Å². The summed E-state index contributed by atoms with van der Waals surface area (Å²) in [6, 6.07) is 6.53. The maximum absolute atomic E-state index is 12.3. The second kappa shape index (κ2) is 7.81. The van der Waals surface area contributed by atoms with Crippen molar-refractivity contribution in [3.63, 3.8) is 0 Å². The molecule has 3 nitrogen and oxygen atoms in total. The Hall–Kier alpha value is -0.500. The van der Waals surface area contributed by atoms with Crippen LogP contribution in [0.5, 0.6) is 5.75 Å². The van der Waals surface area contributed by atoms with Crippen molar-refractivity contribution in [1.29, 1.82) is 0 Å². The number of nitrogens with one attached hydrogen (secondary N) is 1. The van der Waals surface area contributed by atoms with Crippen LogP contribution in [0.1, 0.15) is 31.2 Å². The van der Waals surface area contributed by atoms with Crippen LogP contribution >= 0.6 is 28.3 Å². The van der Waals surface area contributed by atoms with Gasteiger partial charge in [0.05, 0.1) is 4.47 Å². The topological polar surface area (TPSA) is 24.5 Å². The van der Waals surface area contributed by atoms with Crippen molar-refractivity contribution >= 4 is 28.3 Å². The Balaban J connectivity index is 0.00000208. The van der Waals surface area contributed by atoms with Gasteiger partial charge in [-0.3, -0.25) is 4.90 Å². The lowest BCUT2D eigenvalue weighted by Gasteiger charge is -2.35. The molecule has 2 fully saturated rings. The van der Waals surface area contributed by atoms with E-state index in [1.807, 2.05) is 0 Å². The average molecular weight is 430 g/mol. The summed E-state index contributed by atoms with van der Waals surface area (Å²) in [6.45, 7) is 0.717. The first-order chi connectivity index (χ1) is 10.8. The molecule has 1 N–H and O–H groups in total. The lowest BCUT2D eigenvalue weighted by molar-refractivity contribution is -0.274. The van der Waals surface area contributed by atoms with Gasteiger partial charge in [-0.25, -0.2) is 0 Å². The maximum atomic E-state index is 12.3. The molecule has 0 aromatic heterocycles. The van der Waals surface area contributed by atoms with E-state index >= 15 is 0 Å². The van der Waals surface area contributed by atoms with Crippen molar-refractivity contribution in [3.05, 3.63) is 28.2 Å². The molecule has 3 rings (SSSR count). The fraction of sp³-hybridized carbons (Fsp3) is 0.625. The van der Waals surface area contributed by atoms with Gasteiger partial charge >= 0.3 is 6.36 Å². The Bertz CT molecular complexity index is 561. The van der Waals surface area contributed by atoms with Gasteiger partial charge in [0, 0.05) is 24.7 Å². The molecule has 1 aromatic rings. The van der Waals surface area contributed by atoms with Gasteiger partial charge in [-0.1, -0.05) is 6.07 Å². The summed E-state index contributed by atoms with van der Waals surface area (Å²) in [5.74, 6) is -0.205. The van der Waals surface area contributed by atoms with Crippen LogP contribution in [-0.4, -0.2) is 36.4 Å². The molecule has 0 radical (unpaired) electrons. The van der Waals surface area contributed by atoms with Crippen LogP contribution in [0.15, 0.2) is 22.7 Å². The second-order valence-corrected chi connectivity index (χ2v) is 7.35. The van der Waals surface area contributed by atoms with Crippen molar-refractivity contribution in [1.82, 2.24) is 10.2 Å². The molecule has 0 amide bonds. The monoisotopic (exact) mass is 428 g/mol. The molecule has 1 aromatic carbocycles. The van der Waals surface area contributed by atoms with Crippen LogP contribution in [-0.2, 0) is 6.54 Å². The largest absolute Gasteiger partial charge is 0.573 e. The molecular formula is C16H21BrClF3N2O. The van der Waals surface area contributed by atoms with Crippen LogP contribution < -0.4 is 10.1 Å². The molecule has 2 heterocycles. The zero-order chi connectivity index (χ0) is 16.6. The number of piperidine rings is 1. The van der Waals surface area contributed by atoms with Crippen molar-refractivity contribution < 1.29 is 17.9 Å². The van der Waals surface area contributed by atoms with Crippen LogP contribution in [0, 0.1) is 0 Å². The van der Waals surface area contributed by atoms with E-state index in [1.165, 1.54) is 18.9 Å². The summed E-state index contributed by atoms with van der Waals surface area (Å²) in [7, 11) is 2.09. The third-order valence-electron chi connectivity index (χ3n) is 4.73. The highest BCUT2D eigenvalue weighted by Gasteiger charge is 2.35. The van der Waals surface area contributed by atoms with Crippen molar-refractivity contribution in [3.8, 4) is 5.75 Å². The van der Waals surface area contributed by atoms with Crippen LogP contribution in [0.3, 0.4) is 0 Å². The van der Waals surface area contributed by atoms with Gasteiger partial charge < -0.3 is 10.1 Å². The molecular weight excluding hydrogens is 409 g/mol. The molecule has 2 atom stereocenters. The Morgan fingerprint density at radius 1 is 1.25 bits per heavy atom. The third kappa shape index (κ3) is 5.00. The van der Waals surface area contributed by atoms with E-state index in [0.717, 1.165) is 24.9 Å². The minimum Gasteiger partial charge on any atom is -0.405 e. The smallest absolute Gasteiger partial charge is 0.405 e. The molecule has 2 bridgehead atoms. The standard InChI is InChI=1S/C16H20BrF3N2O.ClH/c1-22(13-7-11-3-4-12(8-13)21-11)9-10-2-5-15(14(17)6-10)23-16(18,19)20;/h2,5-6,11-13,21H,3-4,7-9H2,1H3;1H. The molecule has 0 spiro atoms. The molecule has 136 valence electrons. The fourth-order valence-corrected chi connectivity index (χ4v) is 4.16. The first kappa shape index (κ1) is 19.8. The zero-order valence-electron chi connectivity index (χ0n) is 13.3. The number of hydrogen-bond acceptors (Lipinski definition) is 3. The molecule has 24 heavy (non-hydrogen) atoms. The summed E-state index contributed by atoms with van der Waals surface area (Å²) in [6.07, 6.45) is 0.121. The number of hydrogen-bond donors (Lipinski definition) is 1. The average Bonchev–Trinajstić information content (AvgIpc) is 2.79. The number of benzene rings is 1. The van der Waals surface area contributed by atoms with Crippen LogP contribution in [0.4, 0.5) is 13.2 Å². The number of rotatable bonds is 4. The minimum absolute atomic E-state index is 0. The molecule has 2 saturated heterocycles. The van der Waals surface area contributed by atoms with Gasteiger partial charge in [-0.2, -0.15) is 0 Å². The second-order valence-electron chi connectivity index (χ2n) is 6.49. The third-order valence-corrected chi connectivity index (χ3v) is 5.35. The Labute approximate surface area is 154 Å². The van der Waals surface area contributed by atoms with Crippen molar-refractivity contribution in [2.24, 2.45) is 0 Å². The highest BCUT2D eigenvalue weighted by molar-refractivity contribution is 9.10. The zero-order valence-corrected chi connectivity index (χ0v) is 15.7. The van der Waals surface area contributed by atoms with E-state index in [1.54, 1.807) is 12.1 Å². The molecule has 2 unspecified atom stereocenters. The minimum atomic E-state index is -4.67. The van der Waals surface area contributed by atoms with Gasteiger partial charge in [-0.15, -0.1) is 25.6 Å². The summed E-state index contributed by atoms with van der Waals surface area (Å²) in [4.78, 5) is 2.30. The van der Waals surface area contributed by atoms with Crippen molar-refractivity contribution in [2.75, 3.05) is 7.05 Å². The number of halogens is 5. The summed E-state index contributed by atoms with van der Waals surface area (Å²) >= 11 is 3.16. The van der Waals surface area contributed by atoms with E-state index in [2.05, 4.69) is 37.9 Å². The highest BCUT2D eigenvalue weighted by Crippen LogP contribution is 2.33. The quantitative estimate of drug-likeness (QED) is 0.763. The lowest BCUT2D eigenvalue weighted by atomic mass is 9.98. The lowest BCUT2D eigenvalue weighted by Crippen LogP contribution is -2.46. The van der Waals surface area contributed by atoms with Gasteiger partial charge in [0.25, 0.3) is 0 Å². The maximum Gasteiger partial charge on any atom is 0.573 e. The molecule has 2 aliphatic rings. The highest BCUT2D eigenvalue weighted by atomic mass is 79.9. The fourth-order valence-electron chi connectivity index (χ4n) is 3.65. The van der Waals surface area contributed by atoms with Gasteiger partial charge in [-0.05, 0) is 66.4 Å². The van der Waals surface area contributed by atoms with E-state index in [-0.39, 0.29) is 18.2 Å². The predicted molar refractivity (Wildman–Crippen MR) is 92.5 cm³/mol. The molecule has 0 aliphatic carbocycles. The number of ether oxygens (including phenoxy) is 1. The van der Waals surface area contributed by atoms with Crippen molar-refractivity contribution in [2.45, 2.75) is 56.7 Å². The molecule has 0 saturated carbocycles. The Kier molecular flexibility index (Phi) is 6.45. The Morgan fingerprint density at radius 3 is 2.42 bits per heavy atom. The summed E-state index contributed by atoms with van der Waals surface area (Å²) < 4.78 is 41.2. The van der Waals surface area contributed by atoms with Gasteiger partial charge in [0.15, 0.2) is 0 Å². The molecule has 2 aliphatic heterocycles. The molecule has 8 heteroatoms. The van der Waals surface area contributed by atoms with E-state index in [9.17, 15) is 13.2 Å².